The van der Waals surface area contributed by atoms with E-state index in [1.807, 2.05) is 4.90 Å². The highest BCUT2D eigenvalue weighted by molar-refractivity contribution is 5.87. The highest BCUT2D eigenvalue weighted by Crippen LogP contribution is 2.37. The normalized spacial score (nSPS) is 22.8. The van der Waals surface area contributed by atoms with Crippen molar-refractivity contribution >= 4 is 11.8 Å². The van der Waals surface area contributed by atoms with E-state index in [0.29, 0.717) is 30.9 Å². The molecule has 1 saturated heterocycles. The third-order valence-electron chi connectivity index (χ3n) is 4.41. The maximum Gasteiger partial charge on any atom is 0.242 e. The van der Waals surface area contributed by atoms with Crippen LogP contribution in [0.25, 0.3) is 0 Å². The molecule has 0 atom stereocenters. The van der Waals surface area contributed by atoms with E-state index in [0.717, 1.165) is 31.5 Å². The van der Waals surface area contributed by atoms with Crippen LogP contribution in [0.2, 0.25) is 0 Å². The first-order chi connectivity index (χ1) is 10.2. The maximum absolute atomic E-state index is 12.3. The number of nitrogens with one attached hydrogen (secondary N) is 1. The smallest absolute Gasteiger partial charge is 0.242 e. The van der Waals surface area contributed by atoms with Crippen molar-refractivity contribution in [2.75, 3.05) is 19.6 Å². The number of amides is 2. The highest BCUT2D eigenvalue weighted by Gasteiger charge is 2.37. The number of carbonyl (C=O) groups excluding carboxylic acids is 2. The molecular weight excluding hydrogens is 270 g/mol. The van der Waals surface area contributed by atoms with Crippen molar-refractivity contribution in [3.63, 3.8) is 0 Å². The summed E-state index contributed by atoms with van der Waals surface area (Å²) in [6.45, 7) is 1.50. The molecule has 1 aromatic rings. The van der Waals surface area contributed by atoms with Gasteiger partial charge in [0.05, 0.1) is 13.0 Å². The maximum atomic E-state index is 12.3. The van der Waals surface area contributed by atoms with Crippen LogP contribution in [0.1, 0.15) is 43.3 Å². The molecule has 3 aliphatic rings. The number of hydrogen-bond donors (Lipinski definition) is 1. The third-order valence-corrected chi connectivity index (χ3v) is 4.41. The third kappa shape index (κ3) is 2.64. The molecule has 2 aliphatic carbocycles. The molecular formula is C14H19N5O2. The highest BCUT2D eigenvalue weighted by atomic mass is 16.2. The van der Waals surface area contributed by atoms with Gasteiger partial charge in [-0.15, -0.1) is 0 Å². The van der Waals surface area contributed by atoms with Gasteiger partial charge in [0.2, 0.25) is 11.8 Å². The van der Waals surface area contributed by atoms with Gasteiger partial charge in [0.15, 0.2) is 5.82 Å². The van der Waals surface area contributed by atoms with Gasteiger partial charge in [-0.3, -0.25) is 14.7 Å². The van der Waals surface area contributed by atoms with Gasteiger partial charge in [-0.25, -0.2) is 4.98 Å². The fourth-order valence-corrected chi connectivity index (χ4v) is 2.84. The van der Waals surface area contributed by atoms with Crippen LogP contribution in [0.3, 0.4) is 0 Å². The Morgan fingerprint density at radius 1 is 1.24 bits per heavy atom. The number of hydrogen-bond acceptors (Lipinski definition) is 4. The lowest BCUT2D eigenvalue weighted by molar-refractivity contribution is -0.145. The summed E-state index contributed by atoms with van der Waals surface area (Å²) < 4.78 is 0. The van der Waals surface area contributed by atoms with Crippen molar-refractivity contribution in [2.24, 2.45) is 0 Å². The van der Waals surface area contributed by atoms with Gasteiger partial charge >= 0.3 is 0 Å². The Hall–Kier alpha value is -1.92. The Balaban J connectivity index is 1.35. The second-order valence-electron chi connectivity index (χ2n) is 6.22. The van der Waals surface area contributed by atoms with Crippen molar-refractivity contribution in [3.8, 4) is 0 Å². The summed E-state index contributed by atoms with van der Waals surface area (Å²) in [6, 6.07) is 0.435. The second-order valence-corrected chi connectivity index (χ2v) is 6.22. The molecule has 1 N–H and O–H groups in total. The number of rotatable bonds is 4. The molecule has 0 bridgehead atoms. The molecule has 2 heterocycles. The zero-order valence-electron chi connectivity index (χ0n) is 11.9. The first-order valence-corrected chi connectivity index (χ1v) is 7.69. The summed E-state index contributed by atoms with van der Waals surface area (Å²) in [6.07, 6.45) is 4.71. The Kier molecular flexibility index (Phi) is 2.94. The molecule has 0 unspecified atom stereocenters. The van der Waals surface area contributed by atoms with Gasteiger partial charge in [-0.1, -0.05) is 0 Å². The van der Waals surface area contributed by atoms with Gasteiger partial charge in [-0.2, -0.15) is 5.10 Å². The zero-order valence-corrected chi connectivity index (χ0v) is 11.9. The lowest BCUT2D eigenvalue weighted by Gasteiger charge is -2.34. The quantitative estimate of drug-likeness (QED) is 0.849. The van der Waals surface area contributed by atoms with Gasteiger partial charge in [0.25, 0.3) is 0 Å². The van der Waals surface area contributed by atoms with Crippen LogP contribution >= 0.6 is 0 Å². The number of carbonyl (C=O) groups is 2. The monoisotopic (exact) mass is 289 g/mol. The molecule has 0 aromatic carbocycles. The first-order valence-electron chi connectivity index (χ1n) is 7.69. The van der Waals surface area contributed by atoms with Crippen molar-refractivity contribution in [1.29, 1.82) is 0 Å². The molecule has 0 radical (unpaired) electrons. The van der Waals surface area contributed by atoms with E-state index >= 15 is 0 Å². The number of piperazine rings is 1. The van der Waals surface area contributed by atoms with Crippen LogP contribution in [-0.4, -0.2) is 62.5 Å². The van der Waals surface area contributed by atoms with Crippen LogP contribution < -0.4 is 0 Å². The topological polar surface area (TPSA) is 82.2 Å². The van der Waals surface area contributed by atoms with Crippen molar-refractivity contribution in [3.05, 3.63) is 11.6 Å². The van der Waals surface area contributed by atoms with E-state index in [-0.39, 0.29) is 24.8 Å². The van der Waals surface area contributed by atoms with Crippen LogP contribution in [0, 0.1) is 0 Å². The van der Waals surface area contributed by atoms with Gasteiger partial charge in [0.1, 0.15) is 5.82 Å². The zero-order chi connectivity index (χ0) is 14.4. The lowest BCUT2D eigenvalue weighted by Crippen LogP contribution is -2.53. The van der Waals surface area contributed by atoms with E-state index in [4.69, 9.17) is 0 Å². The Bertz CT molecular complexity index is 576. The largest absolute Gasteiger partial charge is 0.336 e. The SMILES string of the molecule is O=C(Cc1nc(C2CC2)n[nH]1)N1CCN(C2CC2)C(=O)C1. The molecule has 21 heavy (non-hydrogen) atoms. The van der Waals surface area contributed by atoms with Crippen LogP contribution in [0.15, 0.2) is 0 Å². The van der Waals surface area contributed by atoms with Gasteiger partial charge in [0, 0.05) is 25.0 Å². The van der Waals surface area contributed by atoms with E-state index in [1.165, 1.54) is 0 Å². The summed E-state index contributed by atoms with van der Waals surface area (Å²) in [5.74, 6) is 1.95. The summed E-state index contributed by atoms with van der Waals surface area (Å²) >= 11 is 0. The summed E-state index contributed by atoms with van der Waals surface area (Å²) in [5, 5.41) is 6.99. The summed E-state index contributed by atoms with van der Waals surface area (Å²) in [4.78, 5) is 32.2. The van der Waals surface area contributed by atoms with E-state index < -0.39 is 0 Å². The predicted octanol–water partition coefficient (Wildman–Crippen LogP) is 0.0578. The summed E-state index contributed by atoms with van der Waals surface area (Å²) in [5.41, 5.74) is 0. The van der Waals surface area contributed by atoms with Crippen LogP contribution in [0.4, 0.5) is 0 Å². The van der Waals surface area contributed by atoms with Crippen LogP contribution in [-0.2, 0) is 16.0 Å². The molecule has 1 aromatic heterocycles. The van der Waals surface area contributed by atoms with Crippen LogP contribution in [0.5, 0.6) is 0 Å². The van der Waals surface area contributed by atoms with E-state index in [2.05, 4.69) is 15.2 Å². The minimum absolute atomic E-state index is 0.0442. The molecule has 7 nitrogen and oxygen atoms in total. The first kappa shape index (κ1) is 12.8. The molecule has 112 valence electrons. The van der Waals surface area contributed by atoms with Gasteiger partial charge in [-0.05, 0) is 25.7 Å². The Morgan fingerprint density at radius 2 is 2.05 bits per heavy atom. The van der Waals surface area contributed by atoms with E-state index in [1.54, 1.807) is 4.90 Å². The fraction of sp³-hybridized carbons (Fsp3) is 0.714. The lowest BCUT2D eigenvalue weighted by atomic mass is 10.2. The second kappa shape index (κ2) is 4.82. The molecule has 2 saturated carbocycles. The van der Waals surface area contributed by atoms with Gasteiger partial charge < -0.3 is 9.80 Å². The minimum Gasteiger partial charge on any atom is -0.336 e. The number of nitrogens with zero attached hydrogens (tertiary/aromatic N) is 4. The molecule has 1 aliphatic heterocycles. The minimum atomic E-state index is -0.0442. The number of aromatic nitrogens is 3. The van der Waals surface area contributed by atoms with E-state index in [9.17, 15) is 9.59 Å². The average molecular weight is 289 g/mol. The molecule has 4 rings (SSSR count). The molecule has 2 amide bonds. The summed E-state index contributed by atoms with van der Waals surface area (Å²) in [7, 11) is 0. The average Bonchev–Trinajstić information content (AvgIpc) is 3.38. The number of aromatic amines is 1. The fourth-order valence-electron chi connectivity index (χ4n) is 2.84. The standard InChI is InChI=1S/C14H19N5O2/c20-12(7-11-15-14(17-16-11)9-1-2-9)18-5-6-19(10-3-4-10)13(21)8-18/h9-10H,1-8H2,(H,15,16,17). The van der Waals surface area contributed by atoms with Crippen molar-refractivity contribution in [1.82, 2.24) is 25.0 Å². The Labute approximate surface area is 122 Å². The predicted molar refractivity (Wildman–Crippen MR) is 73.4 cm³/mol. The molecule has 3 fully saturated rings. The Morgan fingerprint density at radius 3 is 2.71 bits per heavy atom. The molecule has 0 spiro atoms. The van der Waals surface area contributed by atoms with Crippen molar-refractivity contribution in [2.45, 2.75) is 44.1 Å². The van der Waals surface area contributed by atoms with Crippen molar-refractivity contribution < 1.29 is 9.59 Å². The number of H-pyrrole nitrogens is 1. The molecule has 7 heteroatoms.